The molecule has 0 aromatic heterocycles. The molecule has 2 aliphatic heterocycles. The summed E-state index contributed by atoms with van der Waals surface area (Å²) >= 11 is 0. The second-order valence-electron chi connectivity index (χ2n) is 4.63. The minimum atomic E-state index is -0.629. The Morgan fingerprint density at radius 2 is 2.21 bits per heavy atom. The van der Waals surface area contributed by atoms with Crippen LogP contribution in [-0.4, -0.2) is 36.4 Å². The number of carbonyl (C=O) groups excluding carboxylic acids is 1. The SMILES string of the molecule is CC[NH+]1[C@@H]2OC(C)=C(C(C)=O)[C@H]2N=C(C#N)[C@@H]1C#N. The Labute approximate surface area is 111 Å². The molecule has 6 nitrogen and oxygen atoms in total. The van der Waals surface area contributed by atoms with Gasteiger partial charge in [-0.05, 0) is 20.8 Å². The highest BCUT2D eigenvalue weighted by atomic mass is 16.5. The number of rotatable bonds is 2. The Bertz CT molecular complexity index is 564. The van der Waals surface area contributed by atoms with Crippen LogP contribution in [0.4, 0.5) is 0 Å². The number of likely N-dealkylation sites (N-methyl/N-ethyl adjacent to an activating group) is 1. The zero-order valence-corrected chi connectivity index (χ0v) is 11.1. The van der Waals surface area contributed by atoms with Crippen molar-refractivity contribution < 1.29 is 14.4 Å². The lowest BCUT2D eigenvalue weighted by Crippen LogP contribution is -3.21. The van der Waals surface area contributed by atoms with E-state index in [-0.39, 0.29) is 17.7 Å². The lowest BCUT2D eigenvalue weighted by atomic mass is 9.98. The van der Waals surface area contributed by atoms with Crippen molar-refractivity contribution in [2.45, 2.75) is 39.1 Å². The molecule has 0 aliphatic carbocycles. The second kappa shape index (κ2) is 4.83. The number of ether oxygens (including phenoxy) is 1. The number of allylic oxidation sites excluding steroid dienone is 1. The number of carbonyl (C=O) groups is 1. The minimum absolute atomic E-state index is 0.100. The van der Waals surface area contributed by atoms with Gasteiger partial charge in [0, 0.05) is 0 Å². The molecule has 6 heteroatoms. The summed E-state index contributed by atoms with van der Waals surface area (Å²) in [5.41, 5.74) is 0.692. The molecule has 0 bridgehead atoms. The predicted octanol–water partition coefficient (Wildman–Crippen LogP) is -0.651. The summed E-state index contributed by atoms with van der Waals surface area (Å²) in [7, 11) is 0. The number of nitrogens with zero attached hydrogens (tertiary/aromatic N) is 3. The molecule has 4 atom stereocenters. The van der Waals surface area contributed by atoms with Gasteiger partial charge in [0.1, 0.15) is 17.9 Å². The average molecular weight is 259 g/mol. The maximum Gasteiger partial charge on any atom is 0.259 e. The first-order valence-corrected chi connectivity index (χ1v) is 6.16. The van der Waals surface area contributed by atoms with Gasteiger partial charge in [-0.2, -0.15) is 10.5 Å². The first kappa shape index (κ1) is 13.3. The Hall–Kier alpha value is -2.18. The highest BCUT2D eigenvalue weighted by molar-refractivity contribution is 6.05. The number of ketones is 1. The number of nitrogens with one attached hydrogen (secondary N) is 1. The van der Waals surface area contributed by atoms with E-state index in [1.165, 1.54) is 6.92 Å². The van der Waals surface area contributed by atoms with Crippen molar-refractivity contribution in [3.05, 3.63) is 11.3 Å². The lowest BCUT2D eigenvalue weighted by molar-refractivity contribution is -0.952. The van der Waals surface area contributed by atoms with Crippen LogP contribution in [-0.2, 0) is 9.53 Å². The van der Waals surface area contributed by atoms with Crippen molar-refractivity contribution in [3.8, 4) is 12.1 Å². The molecule has 0 saturated heterocycles. The maximum absolute atomic E-state index is 11.7. The van der Waals surface area contributed by atoms with Gasteiger partial charge in [0.25, 0.3) is 6.23 Å². The third-order valence-electron chi connectivity index (χ3n) is 3.58. The molecular formula is C13H15N4O2+. The number of aliphatic imine (C=N–C) groups is 1. The second-order valence-corrected chi connectivity index (χ2v) is 4.63. The zero-order chi connectivity index (χ0) is 14.2. The van der Waals surface area contributed by atoms with E-state index in [1.54, 1.807) is 6.92 Å². The normalized spacial score (nSPS) is 32.8. The molecule has 0 aromatic rings. The summed E-state index contributed by atoms with van der Waals surface area (Å²) in [5.74, 6) is 0.449. The third-order valence-corrected chi connectivity index (χ3v) is 3.58. The smallest absolute Gasteiger partial charge is 0.259 e. The fourth-order valence-electron chi connectivity index (χ4n) is 2.75. The lowest BCUT2D eigenvalue weighted by Gasteiger charge is -2.33. The summed E-state index contributed by atoms with van der Waals surface area (Å²) in [6.45, 7) is 5.74. The number of fused-ring (bicyclic) bond motifs is 1. The standard InChI is InChI=1S/C13H14N4O2/c1-4-17-10(6-15)9(5-14)16-12-11(7(2)18)8(3)19-13(12)17/h10,12-13H,4H2,1-3H3/p+1/t10-,12+,13+/m0/s1. The molecule has 0 aromatic carbocycles. The van der Waals surface area contributed by atoms with Crippen LogP contribution in [0.1, 0.15) is 20.8 Å². The molecule has 0 amide bonds. The zero-order valence-electron chi connectivity index (χ0n) is 11.1. The van der Waals surface area contributed by atoms with Gasteiger partial charge >= 0.3 is 0 Å². The highest BCUT2D eigenvalue weighted by Crippen LogP contribution is 2.28. The van der Waals surface area contributed by atoms with Gasteiger partial charge in [-0.15, -0.1) is 0 Å². The summed E-state index contributed by atoms with van der Waals surface area (Å²) < 4.78 is 5.72. The molecule has 19 heavy (non-hydrogen) atoms. The average Bonchev–Trinajstić information content (AvgIpc) is 2.71. The predicted molar refractivity (Wildman–Crippen MR) is 66.0 cm³/mol. The van der Waals surface area contributed by atoms with Crippen molar-refractivity contribution in [3.63, 3.8) is 0 Å². The van der Waals surface area contributed by atoms with Crippen molar-refractivity contribution in [2.75, 3.05) is 6.54 Å². The van der Waals surface area contributed by atoms with Crippen LogP contribution in [0, 0.1) is 22.7 Å². The van der Waals surface area contributed by atoms with Crippen LogP contribution in [0.2, 0.25) is 0 Å². The molecule has 0 saturated carbocycles. The largest absolute Gasteiger partial charge is 0.444 e. The number of Topliss-reactive ketones (excluding diaryl/α,β-unsaturated/α-hetero) is 1. The third kappa shape index (κ3) is 1.91. The molecule has 2 aliphatic rings. The monoisotopic (exact) mass is 259 g/mol. The van der Waals surface area contributed by atoms with Gasteiger partial charge in [0.2, 0.25) is 6.04 Å². The van der Waals surface area contributed by atoms with Gasteiger partial charge in [-0.3, -0.25) is 14.7 Å². The number of quaternary nitrogens is 1. The summed E-state index contributed by atoms with van der Waals surface area (Å²) in [4.78, 5) is 16.8. The highest BCUT2D eigenvalue weighted by Gasteiger charge is 2.50. The van der Waals surface area contributed by atoms with Crippen LogP contribution in [0.5, 0.6) is 0 Å². The Balaban J connectivity index is 2.51. The number of hydrogen-bond donors (Lipinski definition) is 1. The quantitative estimate of drug-likeness (QED) is 0.713. The molecule has 2 rings (SSSR count). The number of nitriles is 2. The molecular weight excluding hydrogens is 244 g/mol. The van der Waals surface area contributed by atoms with E-state index in [0.29, 0.717) is 17.9 Å². The van der Waals surface area contributed by atoms with Gasteiger partial charge < -0.3 is 4.74 Å². The van der Waals surface area contributed by atoms with Crippen LogP contribution < -0.4 is 4.90 Å². The van der Waals surface area contributed by atoms with Crippen molar-refractivity contribution in [2.24, 2.45) is 4.99 Å². The van der Waals surface area contributed by atoms with E-state index in [0.717, 1.165) is 4.90 Å². The van der Waals surface area contributed by atoms with E-state index >= 15 is 0 Å². The van der Waals surface area contributed by atoms with Crippen molar-refractivity contribution in [1.29, 1.82) is 10.5 Å². The maximum atomic E-state index is 11.7. The fourth-order valence-corrected chi connectivity index (χ4v) is 2.75. The van der Waals surface area contributed by atoms with Gasteiger partial charge in [-0.25, -0.2) is 0 Å². The summed E-state index contributed by atoms with van der Waals surface area (Å²) in [6.07, 6.45) is -0.384. The minimum Gasteiger partial charge on any atom is -0.444 e. The Kier molecular flexibility index (Phi) is 3.37. The van der Waals surface area contributed by atoms with Crippen LogP contribution in [0.15, 0.2) is 16.3 Å². The van der Waals surface area contributed by atoms with E-state index in [2.05, 4.69) is 11.1 Å². The molecule has 1 unspecified atom stereocenters. The first-order chi connectivity index (χ1) is 9.04. The Morgan fingerprint density at radius 3 is 2.68 bits per heavy atom. The molecule has 0 spiro atoms. The van der Waals surface area contributed by atoms with E-state index in [1.807, 2.05) is 13.0 Å². The Morgan fingerprint density at radius 1 is 1.53 bits per heavy atom. The van der Waals surface area contributed by atoms with Gasteiger partial charge in [0.05, 0.1) is 12.1 Å². The van der Waals surface area contributed by atoms with E-state index < -0.39 is 12.1 Å². The number of hydrogen-bond acceptors (Lipinski definition) is 5. The first-order valence-electron chi connectivity index (χ1n) is 6.16. The van der Waals surface area contributed by atoms with Crippen LogP contribution >= 0.6 is 0 Å². The van der Waals surface area contributed by atoms with Crippen LogP contribution in [0.3, 0.4) is 0 Å². The van der Waals surface area contributed by atoms with Crippen molar-refractivity contribution in [1.82, 2.24) is 0 Å². The van der Waals surface area contributed by atoms with E-state index in [9.17, 15) is 10.1 Å². The fraction of sp³-hybridized carbons (Fsp3) is 0.538. The van der Waals surface area contributed by atoms with Crippen LogP contribution in [0.25, 0.3) is 0 Å². The molecule has 98 valence electrons. The van der Waals surface area contributed by atoms with Gasteiger partial charge in [0.15, 0.2) is 17.5 Å². The molecule has 2 heterocycles. The molecule has 1 N–H and O–H groups in total. The molecule has 0 radical (unpaired) electrons. The molecule has 0 fully saturated rings. The summed E-state index contributed by atoms with van der Waals surface area (Å²) in [6, 6.07) is 2.98. The van der Waals surface area contributed by atoms with E-state index in [4.69, 9.17) is 10.00 Å². The summed E-state index contributed by atoms with van der Waals surface area (Å²) in [5, 5.41) is 18.3. The topological polar surface area (TPSA) is 90.7 Å². The van der Waals surface area contributed by atoms with Crippen molar-refractivity contribution >= 4 is 11.5 Å². The van der Waals surface area contributed by atoms with Gasteiger partial charge in [-0.1, -0.05) is 0 Å².